The predicted octanol–water partition coefficient (Wildman–Crippen LogP) is 1.96. The molecule has 100 valence electrons. The maximum Gasteiger partial charge on any atom is 0.277 e. The number of ether oxygens (including phenoxy) is 1. The summed E-state index contributed by atoms with van der Waals surface area (Å²) in [7, 11) is 3.12. The van der Waals surface area contributed by atoms with Crippen molar-refractivity contribution in [2.45, 2.75) is 26.9 Å². The molecule has 0 fully saturated rings. The van der Waals surface area contributed by atoms with E-state index in [1.165, 1.54) is 12.1 Å². The van der Waals surface area contributed by atoms with Gasteiger partial charge in [0.2, 0.25) is 0 Å². The quantitative estimate of drug-likeness (QED) is 0.766. The largest absolute Gasteiger partial charge is 0.365 e. The average Bonchev–Trinajstić information content (AvgIpc) is 2.68. The third-order valence-electron chi connectivity index (χ3n) is 2.03. The van der Waals surface area contributed by atoms with E-state index in [9.17, 15) is 4.79 Å². The second-order valence-corrected chi connectivity index (χ2v) is 3.24. The van der Waals surface area contributed by atoms with E-state index >= 15 is 0 Å². The lowest BCUT2D eigenvalue weighted by Crippen LogP contribution is -2.30. The highest BCUT2D eigenvalue weighted by atomic mass is 16.5. The molecule has 18 heavy (non-hydrogen) atoms. The van der Waals surface area contributed by atoms with Gasteiger partial charge >= 0.3 is 0 Å². The Morgan fingerprint density at radius 2 is 1.78 bits per heavy atom. The smallest absolute Gasteiger partial charge is 0.277 e. The fourth-order valence-electron chi connectivity index (χ4n) is 1.27. The van der Waals surface area contributed by atoms with Crippen LogP contribution in [0.5, 0.6) is 0 Å². The number of carbonyl (C=O) groups is 1. The number of amides is 1. The van der Waals surface area contributed by atoms with Crippen LogP contribution in [0.3, 0.4) is 0 Å². The Morgan fingerprint density at radius 1 is 1.22 bits per heavy atom. The van der Waals surface area contributed by atoms with Crippen molar-refractivity contribution >= 4 is 11.6 Å². The molecule has 5 nitrogen and oxygen atoms in total. The van der Waals surface area contributed by atoms with Gasteiger partial charge in [0.25, 0.3) is 5.91 Å². The maximum absolute atomic E-state index is 11.0. The first kappa shape index (κ1) is 16.2. The molecule has 1 aliphatic heterocycles. The van der Waals surface area contributed by atoms with Gasteiger partial charge in [0.15, 0.2) is 6.10 Å². The van der Waals surface area contributed by atoms with E-state index in [1.54, 1.807) is 26.4 Å². The van der Waals surface area contributed by atoms with Gasteiger partial charge in [0.05, 0.1) is 5.71 Å². The number of likely N-dealkylation sites (N-methyl/N-ethyl adjacent to an activating group) is 1. The van der Waals surface area contributed by atoms with Gasteiger partial charge in [-0.25, -0.2) is 5.01 Å². The molecule has 1 unspecified atom stereocenters. The zero-order chi connectivity index (χ0) is 14.0. The van der Waals surface area contributed by atoms with Crippen LogP contribution in [0.4, 0.5) is 0 Å². The van der Waals surface area contributed by atoms with E-state index in [0.717, 1.165) is 5.71 Å². The van der Waals surface area contributed by atoms with Gasteiger partial charge < -0.3 is 4.74 Å². The summed E-state index contributed by atoms with van der Waals surface area (Å²) in [5, 5.41) is 5.19. The lowest BCUT2D eigenvalue weighted by Gasteiger charge is -2.06. The molecule has 2 heterocycles. The predicted molar refractivity (Wildman–Crippen MR) is 72.3 cm³/mol. The zero-order valence-corrected chi connectivity index (χ0v) is 11.6. The first-order valence-corrected chi connectivity index (χ1v) is 5.87. The Labute approximate surface area is 108 Å². The average molecular weight is 251 g/mol. The summed E-state index contributed by atoms with van der Waals surface area (Å²) in [4.78, 5) is 14.8. The van der Waals surface area contributed by atoms with Crippen molar-refractivity contribution in [2.24, 2.45) is 5.10 Å². The Hall–Kier alpha value is -1.75. The number of nitrogens with zero attached hydrogens (tertiary/aromatic N) is 3. The minimum absolute atomic E-state index is 0.0972. The number of aromatic nitrogens is 1. The van der Waals surface area contributed by atoms with Crippen LogP contribution in [-0.4, -0.2) is 41.9 Å². The Balaban J connectivity index is 0.000000308. The monoisotopic (exact) mass is 251 g/mol. The Kier molecular flexibility index (Phi) is 8.39. The minimum Gasteiger partial charge on any atom is -0.365 e. The molecule has 0 aliphatic carbocycles. The highest BCUT2D eigenvalue weighted by Crippen LogP contribution is 2.08. The normalized spacial score (nSPS) is 17.2. The Morgan fingerprint density at radius 3 is 1.94 bits per heavy atom. The minimum atomic E-state index is -0.454. The second kappa shape index (κ2) is 9.30. The summed E-state index contributed by atoms with van der Waals surface area (Å²) in [6.07, 6.45) is 3.05. The molecule has 1 amide bonds. The van der Waals surface area contributed by atoms with Crippen molar-refractivity contribution in [1.29, 1.82) is 0 Å². The summed E-state index contributed by atoms with van der Waals surface area (Å²) in [5.41, 5.74) is 0.718. The molecule has 0 aromatic carbocycles. The molecular formula is C13H21N3O2. The number of rotatable bonds is 1. The summed E-state index contributed by atoms with van der Waals surface area (Å²) in [6, 6.07) is 5.72. The van der Waals surface area contributed by atoms with E-state index < -0.39 is 6.10 Å². The maximum atomic E-state index is 11.0. The van der Waals surface area contributed by atoms with Crippen molar-refractivity contribution in [3.63, 3.8) is 0 Å². The first-order chi connectivity index (χ1) is 8.66. The highest BCUT2D eigenvalue weighted by Gasteiger charge is 2.30. The van der Waals surface area contributed by atoms with E-state index in [-0.39, 0.29) is 5.91 Å². The van der Waals surface area contributed by atoms with E-state index in [4.69, 9.17) is 4.74 Å². The van der Waals surface area contributed by atoms with E-state index in [0.29, 0.717) is 0 Å². The van der Waals surface area contributed by atoms with Crippen molar-refractivity contribution in [1.82, 2.24) is 9.99 Å². The number of hydrogen-bond acceptors (Lipinski definition) is 4. The topological polar surface area (TPSA) is 54.8 Å². The van der Waals surface area contributed by atoms with Gasteiger partial charge in [-0.3, -0.25) is 9.78 Å². The zero-order valence-electron chi connectivity index (χ0n) is 11.6. The summed E-state index contributed by atoms with van der Waals surface area (Å²) in [6.45, 7) is 5.77. The van der Waals surface area contributed by atoms with Crippen LogP contribution >= 0.6 is 0 Å². The molecule has 0 bridgehead atoms. The van der Waals surface area contributed by atoms with Crippen molar-refractivity contribution in [3.05, 3.63) is 30.6 Å². The molecule has 0 saturated carbocycles. The lowest BCUT2D eigenvalue weighted by molar-refractivity contribution is -0.134. The number of hydrogen-bond donors (Lipinski definition) is 0. The molecule has 1 aliphatic rings. The van der Waals surface area contributed by atoms with Gasteiger partial charge in [-0.2, -0.15) is 5.10 Å². The van der Waals surface area contributed by atoms with Gasteiger partial charge in [0.1, 0.15) is 0 Å². The Bertz CT molecular complexity index is 339. The van der Waals surface area contributed by atoms with Crippen LogP contribution in [0.1, 0.15) is 20.8 Å². The van der Waals surface area contributed by atoms with Crippen LogP contribution in [-0.2, 0) is 9.53 Å². The number of methoxy groups -OCH3 is 1. The number of pyridine rings is 1. The third kappa shape index (κ3) is 5.05. The van der Waals surface area contributed by atoms with Gasteiger partial charge in [-0.1, -0.05) is 19.9 Å². The van der Waals surface area contributed by atoms with Crippen LogP contribution in [0.25, 0.3) is 0 Å². The lowest BCUT2D eigenvalue weighted by atomic mass is 10.2. The van der Waals surface area contributed by atoms with Gasteiger partial charge in [0, 0.05) is 26.6 Å². The van der Waals surface area contributed by atoms with Gasteiger partial charge in [-0.05, 0) is 19.1 Å². The van der Waals surface area contributed by atoms with Crippen molar-refractivity contribution < 1.29 is 9.53 Å². The van der Waals surface area contributed by atoms with E-state index in [1.807, 2.05) is 32.0 Å². The van der Waals surface area contributed by atoms with Crippen LogP contribution in [0.15, 0.2) is 35.7 Å². The molecule has 1 aromatic rings. The molecule has 5 heteroatoms. The molecule has 0 radical (unpaired) electrons. The molecule has 1 aromatic heterocycles. The molecule has 0 saturated heterocycles. The standard InChI is InChI=1S/C6H10N2O2.C5H5N.C2H6/c1-4-5(10-3)6(9)8(2)7-4;1-2-4-6-5-3-1;1-2/h5H,1-3H3;1-5H;1-2H3. The second-order valence-electron chi connectivity index (χ2n) is 3.24. The highest BCUT2D eigenvalue weighted by molar-refractivity contribution is 6.09. The number of hydrazone groups is 1. The van der Waals surface area contributed by atoms with E-state index in [2.05, 4.69) is 10.1 Å². The number of carbonyl (C=O) groups excluding carboxylic acids is 1. The van der Waals surface area contributed by atoms with Crippen LogP contribution < -0.4 is 0 Å². The summed E-state index contributed by atoms with van der Waals surface area (Å²) in [5.74, 6) is -0.0972. The molecule has 2 rings (SSSR count). The molecule has 0 N–H and O–H groups in total. The van der Waals surface area contributed by atoms with Gasteiger partial charge in [-0.15, -0.1) is 0 Å². The van der Waals surface area contributed by atoms with Crippen molar-refractivity contribution in [2.75, 3.05) is 14.2 Å². The third-order valence-corrected chi connectivity index (χ3v) is 2.03. The fourth-order valence-corrected chi connectivity index (χ4v) is 1.27. The summed E-state index contributed by atoms with van der Waals surface area (Å²) >= 11 is 0. The van der Waals surface area contributed by atoms with Crippen LogP contribution in [0.2, 0.25) is 0 Å². The molecule has 0 spiro atoms. The van der Waals surface area contributed by atoms with Crippen LogP contribution in [0, 0.1) is 0 Å². The van der Waals surface area contributed by atoms with Crippen molar-refractivity contribution in [3.8, 4) is 0 Å². The first-order valence-electron chi connectivity index (χ1n) is 5.87. The molecule has 1 atom stereocenters. The fraction of sp³-hybridized carbons (Fsp3) is 0.462. The summed E-state index contributed by atoms with van der Waals surface area (Å²) < 4.78 is 4.88. The molecular weight excluding hydrogens is 230 g/mol. The SMILES string of the molecule is CC.COC1C(=O)N(C)N=C1C.c1ccncc1.